The standard InChI is InChI=1S/C62H78N4O5/c1-6-35-30-63-22-20-60-44-12-8-10-14-48(44)65-33-42-40-29-62(61(21-23-64(62)31-36(40)7-2)45-13-9-11-15-49(45)66(57(42)61)32-41(56(60)65)39(35)27-52(60)63)51-26-38(67)24-37-25-50(68)55-46-18-17-43(34(3)16-19-54(70)71)59(46,5)53(69)28-47(55)58(37,51)4/h6-15,32-34,37-40,43,46-47,50-53,55-57,67-69H,16-31H2,1-5H3,(H,70,71)/b35-6-,36-7-,41-32-,42-33-. The van der Waals surface area contributed by atoms with Gasteiger partial charge in [-0.25, -0.2) is 0 Å². The van der Waals surface area contributed by atoms with Gasteiger partial charge in [-0.05, 0) is 178 Å². The molecule has 9 heteroatoms. The van der Waals surface area contributed by atoms with Crippen molar-refractivity contribution in [2.75, 3.05) is 36.0 Å². The van der Waals surface area contributed by atoms with Crippen LogP contribution in [0, 0.1) is 64.1 Å². The molecule has 13 aliphatic rings. The van der Waals surface area contributed by atoms with Crippen molar-refractivity contribution in [2.45, 2.75) is 164 Å². The van der Waals surface area contributed by atoms with Crippen LogP contribution in [0.1, 0.15) is 123 Å². The number of aliphatic carboxylic acids is 1. The number of carboxylic acids is 1. The summed E-state index contributed by atoms with van der Waals surface area (Å²) in [7, 11) is 0. The maximum absolute atomic E-state index is 13.0. The highest BCUT2D eigenvalue weighted by molar-refractivity contribution is 5.78. The summed E-state index contributed by atoms with van der Waals surface area (Å²) in [6.45, 7) is 15.9. The van der Waals surface area contributed by atoms with Gasteiger partial charge < -0.3 is 30.2 Å². The van der Waals surface area contributed by atoms with Gasteiger partial charge in [-0.3, -0.25) is 14.6 Å². The molecule has 7 heterocycles. The molecule has 4 bridgehead atoms. The Morgan fingerprint density at radius 2 is 1.48 bits per heavy atom. The van der Waals surface area contributed by atoms with Gasteiger partial charge in [0.1, 0.15) is 0 Å². The second-order valence-electron chi connectivity index (χ2n) is 26.6. The predicted octanol–water partition coefficient (Wildman–Crippen LogP) is 9.19. The number of aliphatic hydroxyl groups is 3. The van der Waals surface area contributed by atoms with Crippen LogP contribution in [0.4, 0.5) is 11.4 Å². The van der Waals surface area contributed by atoms with Crippen LogP contribution in [0.3, 0.4) is 0 Å². The van der Waals surface area contributed by atoms with Crippen LogP contribution in [0.15, 0.2) is 95.4 Å². The van der Waals surface area contributed by atoms with Gasteiger partial charge in [0.25, 0.3) is 0 Å². The fraction of sp³-hybridized carbons (Fsp3) is 0.661. The molecule has 71 heavy (non-hydrogen) atoms. The molecule has 20 atom stereocenters. The van der Waals surface area contributed by atoms with Gasteiger partial charge in [0.15, 0.2) is 0 Å². The lowest BCUT2D eigenvalue weighted by molar-refractivity contribution is -0.245. The van der Waals surface area contributed by atoms with E-state index in [2.05, 4.69) is 127 Å². The second-order valence-corrected chi connectivity index (χ2v) is 26.6. The molecule has 2 aromatic carbocycles. The number of nitrogens with zero attached hydrogens (tertiary/aromatic N) is 4. The lowest BCUT2D eigenvalue weighted by Crippen LogP contribution is -2.77. The zero-order chi connectivity index (χ0) is 48.5. The summed E-state index contributed by atoms with van der Waals surface area (Å²) in [6.07, 6.45) is 19.0. The Labute approximate surface area is 421 Å². The molecule has 6 saturated carbocycles. The molecule has 4 N–H and O–H groups in total. The monoisotopic (exact) mass is 959 g/mol. The third-order valence-corrected chi connectivity index (χ3v) is 25.3. The molecule has 7 aliphatic heterocycles. The Balaban J connectivity index is 0.933. The molecule has 0 amide bonds. The first-order valence-electron chi connectivity index (χ1n) is 28.5. The third-order valence-electron chi connectivity index (χ3n) is 25.3. The minimum absolute atomic E-state index is 0.0397. The van der Waals surface area contributed by atoms with E-state index in [1.54, 1.807) is 27.9 Å². The van der Waals surface area contributed by atoms with Crippen molar-refractivity contribution in [2.24, 2.45) is 64.1 Å². The number of carboxylic acid groups (broad SMARTS) is 1. The Morgan fingerprint density at radius 3 is 2.24 bits per heavy atom. The number of rotatable bonds is 5. The molecule has 0 aromatic heterocycles. The van der Waals surface area contributed by atoms with Gasteiger partial charge in [-0.2, -0.15) is 0 Å². The van der Waals surface area contributed by atoms with Gasteiger partial charge in [-0.1, -0.05) is 80.5 Å². The summed E-state index contributed by atoms with van der Waals surface area (Å²) in [5, 5.41) is 48.0. The quantitative estimate of drug-likeness (QED) is 0.218. The van der Waals surface area contributed by atoms with E-state index < -0.39 is 24.3 Å². The smallest absolute Gasteiger partial charge is 0.303 e. The number of fused-ring (bicyclic) bond motifs is 13. The highest BCUT2D eigenvalue weighted by Crippen LogP contribution is 2.78. The minimum Gasteiger partial charge on any atom is -0.481 e. The summed E-state index contributed by atoms with van der Waals surface area (Å²) < 4.78 is 0. The van der Waals surface area contributed by atoms with E-state index in [9.17, 15) is 25.2 Å². The van der Waals surface area contributed by atoms with Crippen molar-refractivity contribution in [1.82, 2.24) is 9.80 Å². The highest BCUT2D eigenvalue weighted by atomic mass is 16.4. The molecule has 4 saturated heterocycles. The van der Waals surface area contributed by atoms with Crippen LogP contribution in [-0.4, -0.2) is 104 Å². The topological polar surface area (TPSA) is 111 Å². The minimum atomic E-state index is -0.749. The van der Waals surface area contributed by atoms with Crippen molar-refractivity contribution in [3.05, 3.63) is 107 Å². The number of hydrogen-bond donors (Lipinski definition) is 4. The molecule has 2 aromatic rings. The summed E-state index contributed by atoms with van der Waals surface area (Å²) in [5.41, 5.74) is 11.1. The number of anilines is 2. The second kappa shape index (κ2) is 14.8. The molecule has 6 aliphatic carbocycles. The maximum Gasteiger partial charge on any atom is 0.303 e. The molecular formula is C62H78N4O5. The van der Waals surface area contributed by atoms with Crippen molar-refractivity contribution in [3.8, 4) is 0 Å². The third kappa shape index (κ3) is 5.07. The van der Waals surface area contributed by atoms with Gasteiger partial charge in [-0.15, -0.1) is 0 Å². The number of piperidine rings is 2. The average Bonchev–Trinajstić information content (AvgIpc) is 4.17. The summed E-state index contributed by atoms with van der Waals surface area (Å²) in [4.78, 5) is 23.4. The zero-order valence-electron chi connectivity index (χ0n) is 42.9. The maximum atomic E-state index is 13.0. The number of hydrogen-bond acceptors (Lipinski definition) is 8. The van der Waals surface area contributed by atoms with E-state index >= 15 is 0 Å². The summed E-state index contributed by atoms with van der Waals surface area (Å²) >= 11 is 0. The molecular weight excluding hydrogens is 881 g/mol. The molecule has 376 valence electrons. The van der Waals surface area contributed by atoms with Crippen molar-refractivity contribution >= 4 is 17.3 Å². The fourth-order valence-corrected chi connectivity index (χ4v) is 22.8. The largest absolute Gasteiger partial charge is 0.481 e. The Bertz CT molecular complexity index is 2770. The first-order valence-corrected chi connectivity index (χ1v) is 28.5. The van der Waals surface area contributed by atoms with E-state index in [4.69, 9.17) is 0 Å². The van der Waals surface area contributed by atoms with Crippen molar-refractivity contribution in [1.29, 1.82) is 0 Å². The highest BCUT2D eigenvalue weighted by Gasteiger charge is 2.80. The number of carbonyl (C=O) groups is 1. The predicted molar refractivity (Wildman–Crippen MR) is 276 cm³/mol. The van der Waals surface area contributed by atoms with E-state index in [0.29, 0.717) is 37.6 Å². The molecule has 20 unspecified atom stereocenters. The summed E-state index contributed by atoms with van der Waals surface area (Å²) in [6, 6.07) is 20.0. The van der Waals surface area contributed by atoms with Crippen molar-refractivity contribution in [3.63, 3.8) is 0 Å². The van der Waals surface area contributed by atoms with Gasteiger partial charge >= 0.3 is 5.97 Å². The molecule has 10 fully saturated rings. The van der Waals surface area contributed by atoms with E-state index in [1.807, 2.05) is 0 Å². The number of aliphatic hydroxyl groups excluding tert-OH is 3. The number of allylic oxidation sites excluding steroid dienone is 2. The number of para-hydroxylation sites is 2. The first kappa shape index (κ1) is 44.7. The van der Waals surface area contributed by atoms with E-state index in [1.165, 1.54) is 29.8 Å². The molecule has 0 radical (unpaired) electrons. The summed E-state index contributed by atoms with van der Waals surface area (Å²) in [5.74, 6) is 0.900. The van der Waals surface area contributed by atoms with Crippen LogP contribution in [-0.2, 0) is 15.6 Å². The van der Waals surface area contributed by atoms with Gasteiger partial charge in [0.2, 0.25) is 0 Å². The first-order chi connectivity index (χ1) is 34.3. The SMILES string of the molecule is C/C=C1/CN2CCC34c5ccccc5N5/C=C6/C7CC8(C9CC(O)CC%10CC(O)C%11C%12CCC(C(C)CCC(=O)O)C%12(C)C(O)CC%11C%109C)N(CCC89c8ccccc8N(/C=C(/C1CC23)C54)C69)C/C7=C/C. The average molecular weight is 959 g/mol. The van der Waals surface area contributed by atoms with E-state index in [0.717, 1.165) is 58.3 Å². The lowest BCUT2D eigenvalue weighted by atomic mass is 9.35. The Kier molecular flexibility index (Phi) is 9.30. The van der Waals surface area contributed by atoms with E-state index in [-0.39, 0.29) is 93.0 Å². The number of benzene rings is 2. The lowest BCUT2D eigenvalue weighted by Gasteiger charge is -2.72. The Hall–Kier alpha value is -3.73. The van der Waals surface area contributed by atoms with Crippen LogP contribution in [0.2, 0.25) is 0 Å². The van der Waals surface area contributed by atoms with Crippen LogP contribution in [0.25, 0.3) is 0 Å². The normalized spacial score (nSPS) is 51.2. The van der Waals surface area contributed by atoms with Crippen molar-refractivity contribution < 1.29 is 25.2 Å². The fourth-order valence-electron chi connectivity index (χ4n) is 22.8. The zero-order valence-corrected chi connectivity index (χ0v) is 42.9. The Morgan fingerprint density at radius 1 is 0.775 bits per heavy atom. The van der Waals surface area contributed by atoms with Gasteiger partial charge in [0, 0.05) is 84.1 Å². The van der Waals surface area contributed by atoms with Crippen LogP contribution >= 0.6 is 0 Å². The molecule has 2 spiro atoms. The molecule has 9 nitrogen and oxygen atoms in total. The van der Waals surface area contributed by atoms with Crippen LogP contribution < -0.4 is 9.80 Å². The van der Waals surface area contributed by atoms with Crippen LogP contribution in [0.5, 0.6) is 0 Å². The van der Waals surface area contributed by atoms with Gasteiger partial charge in [0.05, 0.1) is 30.4 Å². The molecule has 15 rings (SSSR count).